The van der Waals surface area contributed by atoms with Crippen molar-refractivity contribution in [2.24, 2.45) is 5.18 Å². The first kappa shape index (κ1) is 12.9. The van der Waals surface area contributed by atoms with Crippen LogP contribution in [-0.2, 0) is 13.0 Å². The summed E-state index contributed by atoms with van der Waals surface area (Å²) in [4.78, 5) is 12.9. The molecule has 1 aliphatic rings. The zero-order valence-corrected chi connectivity index (χ0v) is 11.7. The van der Waals surface area contributed by atoms with Gasteiger partial charge in [0, 0.05) is 17.9 Å². The summed E-state index contributed by atoms with van der Waals surface area (Å²) in [6.45, 7) is 3.37. The summed E-state index contributed by atoms with van der Waals surface area (Å²) in [7, 11) is 0. The van der Waals surface area contributed by atoms with Crippen molar-refractivity contribution in [2.45, 2.75) is 26.3 Å². The van der Waals surface area contributed by atoms with E-state index in [4.69, 9.17) is 0 Å². The fourth-order valence-electron chi connectivity index (χ4n) is 3.02. The Morgan fingerprint density at radius 1 is 1.15 bits per heavy atom. The van der Waals surface area contributed by atoms with E-state index < -0.39 is 0 Å². The third kappa shape index (κ3) is 2.20. The van der Waals surface area contributed by atoms with Gasteiger partial charge in [0.1, 0.15) is 6.54 Å². The van der Waals surface area contributed by atoms with Crippen LogP contribution in [0.4, 0.5) is 11.4 Å². The van der Waals surface area contributed by atoms with E-state index in [-0.39, 0.29) is 6.54 Å². The number of anilines is 2. The second kappa shape index (κ2) is 5.45. The number of hydrogen-bond donors (Lipinski definition) is 0. The average molecular weight is 266 g/mol. The molecule has 1 heterocycles. The maximum absolute atomic E-state index is 10.6. The van der Waals surface area contributed by atoms with E-state index in [0.717, 1.165) is 24.9 Å². The van der Waals surface area contributed by atoms with Gasteiger partial charge >= 0.3 is 0 Å². The SMILES string of the molecule is Cc1c(CN=O)ccc2c1N(c1ccccc1)CCC2. The number of para-hydroxylation sites is 1. The van der Waals surface area contributed by atoms with E-state index in [0.29, 0.717) is 0 Å². The maximum Gasteiger partial charge on any atom is 0.106 e. The lowest BCUT2D eigenvalue weighted by atomic mass is 9.94. The number of hydrogen-bond acceptors (Lipinski definition) is 3. The lowest BCUT2D eigenvalue weighted by Gasteiger charge is -2.33. The summed E-state index contributed by atoms with van der Waals surface area (Å²) in [5.41, 5.74) is 6.07. The van der Waals surface area contributed by atoms with Gasteiger partial charge in [0.05, 0.1) is 0 Å². The summed E-state index contributed by atoms with van der Waals surface area (Å²) < 4.78 is 0. The zero-order chi connectivity index (χ0) is 13.9. The highest BCUT2D eigenvalue weighted by Gasteiger charge is 2.21. The predicted octanol–water partition coefficient (Wildman–Crippen LogP) is 4.35. The molecular formula is C17H18N2O. The topological polar surface area (TPSA) is 32.7 Å². The van der Waals surface area contributed by atoms with Gasteiger partial charge in [-0.1, -0.05) is 35.5 Å². The van der Waals surface area contributed by atoms with Gasteiger partial charge in [-0.25, -0.2) is 0 Å². The molecule has 102 valence electrons. The minimum Gasteiger partial charge on any atom is -0.341 e. The van der Waals surface area contributed by atoms with Crippen molar-refractivity contribution in [1.29, 1.82) is 0 Å². The van der Waals surface area contributed by atoms with E-state index >= 15 is 0 Å². The van der Waals surface area contributed by atoms with Crippen LogP contribution in [-0.4, -0.2) is 6.54 Å². The zero-order valence-electron chi connectivity index (χ0n) is 11.7. The lowest BCUT2D eigenvalue weighted by molar-refractivity contribution is 0.761. The molecule has 2 aromatic rings. The Bertz CT molecular complexity index is 622. The molecule has 3 rings (SSSR count). The maximum atomic E-state index is 10.6. The van der Waals surface area contributed by atoms with Crippen molar-refractivity contribution in [3.8, 4) is 0 Å². The van der Waals surface area contributed by atoms with Crippen LogP contribution >= 0.6 is 0 Å². The quantitative estimate of drug-likeness (QED) is 0.774. The third-order valence-electron chi connectivity index (χ3n) is 4.03. The summed E-state index contributed by atoms with van der Waals surface area (Å²) in [5, 5.41) is 3.04. The Morgan fingerprint density at radius 3 is 2.70 bits per heavy atom. The molecule has 0 unspecified atom stereocenters. The molecule has 0 N–H and O–H groups in total. The molecule has 0 saturated carbocycles. The third-order valence-corrected chi connectivity index (χ3v) is 4.03. The Kier molecular flexibility index (Phi) is 3.50. The standard InChI is InChI=1S/C17H18N2O/c1-13-15(12-18-20)10-9-14-6-5-11-19(17(13)14)16-7-3-2-4-8-16/h2-4,7-10H,5-6,11-12H2,1H3. The Balaban J connectivity index is 2.11. The van der Waals surface area contributed by atoms with Gasteiger partial charge in [-0.05, 0) is 48.6 Å². The highest BCUT2D eigenvalue weighted by molar-refractivity contribution is 5.72. The minimum absolute atomic E-state index is 0.252. The molecular weight excluding hydrogens is 248 g/mol. The van der Waals surface area contributed by atoms with Crippen LogP contribution in [0.15, 0.2) is 47.6 Å². The lowest BCUT2D eigenvalue weighted by Crippen LogP contribution is -2.25. The van der Waals surface area contributed by atoms with Crippen LogP contribution in [0.1, 0.15) is 23.1 Å². The van der Waals surface area contributed by atoms with Crippen molar-refractivity contribution in [2.75, 3.05) is 11.4 Å². The molecule has 0 aromatic heterocycles. The summed E-state index contributed by atoms with van der Waals surface area (Å²) in [6.07, 6.45) is 2.26. The van der Waals surface area contributed by atoms with E-state index in [9.17, 15) is 4.91 Å². The number of aryl methyl sites for hydroxylation is 1. The van der Waals surface area contributed by atoms with Gasteiger partial charge in [-0.2, -0.15) is 4.91 Å². The second-order valence-corrected chi connectivity index (χ2v) is 5.24. The molecule has 0 fully saturated rings. The highest BCUT2D eigenvalue weighted by Crippen LogP contribution is 2.37. The Labute approximate surface area is 119 Å². The van der Waals surface area contributed by atoms with Crippen LogP contribution < -0.4 is 4.90 Å². The number of nitrogens with zero attached hydrogens (tertiary/aromatic N) is 2. The molecule has 3 nitrogen and oxygen atoms in total. The first-order valence-electron chi connectivity index (χ1n) is 7.04. The molecule has 0 radical (unpaired) electrons. The van der Waals surface area contributed by atoms with Gasteiger partial charge in [-0.15, -0.1) is 0 Å². The van der Waals surface area contributed by atoms with Gasteiger partial charge in [0.25, 0.3) is 0 Å². The van der Waals surface area contributed by atoms with Gasteiger partial charge < -0.3 is 4.90 Å². The largest absolute Gasteiger partial charge is 0.341 e. The smallest absolute Gasteiger partial charge is 0.106 e. The molecule has 0 saturated heterocycles. The number of benzene rings is 2. The summed E-state index contributed by atoms with van der Waals surface area (Å²) >= 11 is 0. The normalized spacial score (nSPS) is 13.9. The minimum atomic E-state index is 0.252. The van der Waals surface area contributed by atoms with Crippen LogP contribution in [0.25, 0.3) is 0 Å². The molecule has 20 heavy (non-hydrogen) atoms. The molecule has 3 heteroatoms. The van der Waals surface area contributed by atoms with Gasteiger partial charge in [0.2, 0.25) is 0 Å². The Morgan fingerprint density at radius 2 is 1.95 bits per heavy atom. The summed E-state index contributed by atoms with van der Waals surface area (Å²) in [6, 6.07) is 14.6. The van der Waals surface area contributed by atoms with Crippen molar-refractivity contribution < 1.29 is 0 Å². The van der Waals surface area contributed by atoms with Crippen LogP contribution in [0.3, 0.4) is 0 Å². The van der Waals surface area contributed by atoms with Crippen LogP contribution in [0, 0.1) is 11.8 Å². The second-order valence-electron chi connectivity index (χ2n) is 5.24. The molecule has 2 aromatic carbocycles. The van der Waals surface area contributed by atoms with Crippen LogP contribution in [0.5, 0.6) is 0 Å². The van der Waals surface area contributed by atoms with Crippen molar-refractivity contribution in [3.63, 3.8) is 0 Å². The van der Waals surface area contributed by atoms with Crippen molar-refractivity contribution >= 4 is 11.4 Å². The van der Waals surface area contributed by atoms with Crippen molar-refractivity contribution in [1.82, 2.24) is 0 Å². The Hall–Kier alpha value is -2.16. The highest BCUT2D eigenvalue weighted by atomic mass is 16.3. The number of nitroso groups, excluding NO2 is 1. The fraction of sp³-hybridized carbons (Fsp3) is 0.294. The molecule has 0 spiro atoms. The van der Waals surface area contributed by atoms with Crippen LogP contribution in [0.2, 0.25) is 0 Å². The van der Waals surface area contributed by atoms with E-state index in [1.54, 1.807) is 0 Å². The van der Waals surface area contributed by atoms with E-state index in [1.165, 1.54) is 22.5 Å². The molecule has 0 atom stereocenters. The molecule has 0 amide bonds. The first-order valence-corrected chi connectivity index (χ1v) is 7.04. The monoisotopic (exact) mass is 266 g/mol. The molecule has 1 aliphatic heterocycles. The molecule has 0 aliphatic carbocycles. The fourth-order valence-corrected chi connectivity index (χ4v) is 3.02. The summed E-state index contributed by atoms with van der Waals surface area (Å²) in [5.74, 6) is 0. The van der Waals surface area contributed by atoms with Crippen molar-refractivity contribution in [3.05, 3.63) is 64.1 Å². The van der Waals surface area contributed by atoms with E-state index in [1.807, 2.05) is 12.1 Å². The average Bonchev–Trinajstić information content (AvgIpc) is 2.51. The molecule has 0 bridgehead atoms. The predicted molar refractivity (Wildman–Crippen MR) is 82.4 cm³/mol. The van der Waals surface area contributed by atoms with E-state index in [2.05, 4.69) is 47.3 Å². The number of fused-ring (bicyclic) bond motifs is 1. The van der Waals surface area contributed by atoms with Gasteiger partial charge in [0.15, 0.2) is 0 Å². The first-order chi connectivity index (χ1) is 9.81. The number of rotatable bonds is 3. The van der Waals surface area contributed by atoms with Gasteiger partial charge in [-0.3, -0.25) is 0 Å².